The third-order valence-electron chi connectivity index (χ3n) is 6.11. The smallest absolute Gasteiger partial charge is 0.345 e. The second-order valence-corrected chi connectivity index (χ2v) is 9.57. The summed E-state index contributed by atoms with van der Waals surface area (Å²) in [5.41, 5.74) is 0. The average molecular weight is 501 g/mol. The molecule has 8 nitrogen and oxygen atoms in total. The molecule has 204 valence electrons. The Bertz CT molecular complexity index is 602. The van der Waals surface area contributed by atoms with Gasteiger partial charge in [0.15, 0.2) is 5.78 Å². The van der Waals surface area contributed by atoms with E-state index in [0.717, 1.165) is 26.2 Å². The minimum absolute atomic E-state index is 0.256. The number of carboxylic acids is 1. The Balaban J connectivity index is 3.79. The Labute approximate surface area is 210 Å². The van der Waals surface area contributed by atoms with E-state index >= 15 is 0 Å². The van der Waals surface area contributed by atoms with E-state index in [9.17, 15) is 24.3 Å². The number of esters is 1. The summed E-state index contributed by atoms with van der Waals surface area (Å²) in [6.07, 6.45) is 12.5. The Morgan fingerprint density at radius 3 is 1.51 bits per heavy atom. The van der Waals surface area contributed by atoms with Gasteiger partial charge in [0, 0.05) is 12.8 Å². The number of aliphatic carboxylic acids is 1. The summed E-state index contributed by atoms with van der Waals surface area (Å²) < 4.78 is 4.55. The van der Waals surface area contributed by atoms with Gasteiger partial charge < -0.3 is 20.1 Å². The van der Waals surface area contributed by atoms with E-state index in [1.807, 2.05) is 0 Å². The molecule has 0 spiro atoms. The van der Waals surface area contributed by atoms with E-state index in [4.69, 9.17) is 10.2 Å². The Morgan fingerprint density at radius 1 is 0.686 bits per heavy atom. The predicted molar refractivity (Wildman–Crippen MR) is 134 cm³/mol. The largest absolute Gasteiger partial charge is 0.478 e. The van der Waals surface area contributed by atoms with Gasteiger partial charge in [-0.15, -0.1) is 0 Å². The SMILES string of the molecule is CCCCCCCCCCCCCCCCCC(=O)CC(O)C(=O)CC(OC(=O)C(C)O)C(=O)O. The molecule has 0 fully saturated rings. The van der Waals surface area contributed by atoms with Crippen LogP contribution in [-0.2, 0) is 23.9 Å². The first-order valence-corrected chi connectivity index (χ1v) is 13.5. The fourth-order valence-electron chi connectivity index (χ4n) is 3.86. The highest BCUT2D eigenvalue weighted by atomic mass is 16.6. The molecule has 0 aliphatic rings. The first-order chi connectivity index (χ1) is 16.7. The van der Waals surface area contributed by atoms with Crippen molar-refractivity contribution in [1.82, 2.24) is 0 Å². The maximum Gasteiger partial charge on any atom is 0.345 e. The third-order valence-corrected chi connectivity index (χ3v) is 6.11. The normalized spacial score (nSPS) is 13.7. The van der Waals surface area contributed by atoms with Crippen LogP contribution in [0, 0.1) is 0 Å². The lowest BCUT2D eigenvalue weighted by molar-refractivity contribution is -0.171. The van der Waals surface area contributed by atoms with Crippen LogP contribution in [0.3, 0.4) is 0 Å². The fourth-order valence-corrected chi connectivity index (χ4v) is 3.86. The molecule has 0 aromatic rings. The summed E-state index contributed by atoms with van der Waals surface area (Å²) in [6.45, 7) is 3.35. The summed E-state index contributed by atoms with van der Waals surface area (Å²) in [5, 5.41) is 28.1. The number of carbonyl (C=O) groups excluding carboxylic acids is 3. The molecule has 0 aliphatic carbocycles. The highest BCUT2D eigenvalue weighted by Gasteiger charge is 2.30. The van der Waals surface area contributed by atoms with Crippen molar-refractivity contribution < 1.29 is 39.2 Å². The first-order valence-electron chi connectivity index (χ1n) is 13.5. The first kappa shape index (κ1) is 33.2. The van der Waals surface area contributed by atoms with Crippen LogP contribution in [0.4, 0.5) is 0 Å². The summed E-state index contributed by atoms with van der Waals surface area (Å²) >= 11 is 0. The number of Topliss-reactive ketones (excluding diaryl/α,β-unsaturated/α-hetero) is 2. The number of aliphatic hydroxyl groups excluding tert-OH is 2. The van der Waals surface area contributed by atoms with Crippen molar-refractivity contribution >= 4 is 23.5 Å². The monoisotopic (exact) mass is 500 g/mol. The van der Waals surface area contributed by atoms with Crippen LogP contribution < -0.4 is 0 Å². The van der Waals surface area contributed by atoms with E-state index in [1.54, 1.807) is 0 Å². The van der Waals surface area contributed by atoms with Crippen molar-refractivity contribution in [3.63, 3.8) is 0 Å². The van der Waals surface area contributed by atoms with Crippen molar-refractivity contribution in [3.05, 3.63) is 0 Å². The summed E-state index contributed by atoms with van der Waals surface area (Å²) in [7, 11) is 0. The minimum atomic E-state index is -1.81. The molecule has 0 saturated carbocycles. The van der Waals surface area contributed by atoms with E-state index in [1.165, 1.54) is 70.6 Å². The molecule has 0 aliphatic heterocycles. The zero-order valence-corrected chi connectivity index (χ0v) is 21.8. The van der Waals surface area contributed by atoms with Crippen LogP contribution in [0.2, 0.25) is 0 Å². The van der Waals surface area contributed by atoms with Crippen LogP contribution in [0.5, 0.6) is 0 Å². The zero-order chi connectivity index (χ0) is 26.5. The molecule has 0 aromatic carbocycles. The minimum Gasteiger partial charge on any atom is -0.478 e. The Kier molecular flexibility index (Phi) is 20.4. The number of aliphatic hydroxyl groups is 2. The third kappa shape index (κ3) is 19.1. The summed E-state index contributed by atoms with van der Waals surface area (Å²) in [5.74, 6) is -3.89. The highest BCUT2D eigenvalue weighted by molar-refractivity contribution is 5.92. The van der Waals surface area contributed by atoms with Gasteiger partial charge in [0.2, 0.25) is 6.10 Å². The van der Waals surface area contributed by atoms with Gasteiger partial charge in [-0.25, -0.2) is 9.59 Å². The van der Waals surface area contributed by atoms with Crippen LogP contribution in [0.1, 0.15) is 129 Å². The fraction of sp³-hybridized carbons (Fsp3) is 0.852. The molecular weight excluding hydrogens is 452 g/mol. The lowest BCUT2D eigenvalue weighted by atomic mass is 10.00. The number of ketones is 2. The van der Waals surface area contributed by atoms with Crippen molar-refractivity contribution in [1.29, 1.82) is 0 Å². The van der Waals surface area contributed by atoms with Gasteiger partial charge in [0.05, 0.1) is 6.42 Å². The number of carboxylic acid groups (broad SMARTS) is 1. The van der Waals surface area contributed by atoms with Crippen molar-refractivity contribution in [3.8, 4) is 0 Å². The van der Waals surface area contributed by atoms with E-state index < -0.39 is 42.5 Å². The molecular formula is C27H48O8. The Morgan fingerprint density at radius 2 is 1.11 bits per heavy atom. The molecule has 0 rings (SSSR count). The molecule has 0 amide bonds. The van der Waals surface area contributed by atoms with Gasteiger partial charge in [-0.2, -0.15) is 0 Å². The van der Waals surface area contributed by atoms with Crippen molar-refractivity contribution in [2.24, 2.45) is 0 Å². The second-order valence-electron chi connectivity index (χ2n) is 9.57. The lowest BCUT2D eigenvalue weighted by Crippen LogP contribution is -2.36. The number of hydrogen-bond acceptors (Lipinski definition) is 7. The second kappa shape index (κ2) is 21.5. The quantitative estimate of drug-likeness (QED) is 0.126. The zero-order valence-electron chi connectivity index (χ0n) is 21.8. The number of hydrogen-bond donors (Lipinski definition) is 3. The molecule has 0 radical (unpaired) electrons. The molecule has 0 bridgehead atoms. The molecule has 0 aromatic heterocycles. The average Bonchev–Trinajstić information content (AvgIpc) is 2.80. The lowest BCUT2D eigenvalue weighted by Gasteiger charge is -2.16. The van der Waals surface area contributed by atoms with Gasteiger partial charge in [0.25, 0.3) is 0 Å². The molecule has 3 N–H and O–H groups in total. The highest BCUT2D eigenvalue weighted by Crippen LogP contribution is 2.14. The standard InChI is InChI=1S/C27H48O8/c1-3-4-5-6-7-8-9-10-11-12-13-14-15-16-17-18-22(29)19-23(30)24(31)20-25(26(32)33)35-27(34)21(2)28/h21,23,25,28,30H,3-20H2,1-2H3,(H,32,33). The summed E-state index contributed by atoms with van der Waals surface area (Å²) in [6, 6.07) is 0. The molecule has 8 heteroatoms. The number of rotatable bonds is 24. The van der Waals surface area contributed by atoms with E-state index in [2.05, 4.69) is 11.7 Å². The maximum atomic E-state index is 12.0. The van der Waals surface area contributed by atoms with Gasteiger partial charge in [-0.3, -0.25) is 9.59 Å². The van der Waals surface area contributed by atoms with E-state index in [0.29, 0.717) is 6.42 Å². The molecule has 0 saturated heterocycles. The van der Waals surface area contributed by atoms with Gasteiger partial charge in [-0.1, -0.05) is 96.8 Å². The van der Waals surface area contributed by atoms with E-state index in [-0.39, 0.29) is 18.6 Å². The van der Waals surface area contributed by atoms with Crippen LogP contribution >= 0.6 is 0 Å². The van der Waals surface area contributed by atoms with Crippen LogP contribution in [0.25, 0.3) is 0 Å². The number of ether oxygens (including phenoxy) is 1. The van der Waals surface area contributed by atoms with Gasteiger partial charge >= 0.3 is 11.9 Å². The predicted octanol–water partition coefficient (Wildman–Crippen LogP) is 4.90. The molecule has 3 atom stereocenters. The van der Waals surface area contributed by atoms with Crippen molar-refractivity contribution in [2.45, 2.75) is 148 Å². The molecule has 0 heterocycles. The van der Waals surface area contributed by atoms with Crippen LogP contribution in [-0.4, -0.2) is 57.1 Å². The Hall–Kier alpha value is -1.80. The number of carbonyl (C=O) groups is 4. The molecule has 3 unspecified atom stereocenters. The number of unbranched alkanes of at least 4 members (excludes halogenated alkanes) is 14. The van der Waals surface area contributed by atoms with Gasteiger partial charge in [0.1, 0.15) is 18.0 Å². The summed E-state index contributed by atoms with van der Waals surface area (Å²) in [4.78, 5) is 46.6. The topological polar surface area (TPSA) is 138 Å². The maximum absolute atomic E-state index is 12.0. The van der Waals surface area contributed by atoms with Crippen molar-refractivity contribution in [2.75, 3.05) is 0 Å². The van der Waals surface area contributed by atoms with Crippen LogP contribution in [0.15, 0.2) is 0 Å². The molecule has 35 heavy (non-hydrogen) atoms. The van der Waals surface area contributed by atoms with Gasteiger partial charge in [-0.05, 0) is 13.3 Å².